The lowest BCUT2D eigenvalue weighted by atomic mass is 9.92. The van der Waals surface area contributed by atoms with Crippen molar-refractivity contribution in [3.8, 4) is 0 Å². The molecule has 0 saturated carbocycles. The smallest absolute Gasteiger partial charge is 0.315 e. The molecule has 24 heteroatoms. The predicted octanol–water partition coefficient (Wildman–Crippen LogP) is -2.38. The molecule has 0 spiro atoms. The summed E-state index contributed by atoms with van der Waals surface area (Å²) in [6, 6.07) is -3.31. The number of nitrogens with two attached hydrogens (primary N) is 1. The van der Waals surface area contributed by atoms with Gasteiger partial charge in [0.1, 0.15) is 18.1 Å². The number of nitrogens with one attached hydrogen (secondary N) is 10. The molecule has 0 aromatic carbocycles. The van der Waals surface area contributed by atoms with E-state index in [-0.39, 0.29) is 61.4 Å². The summed E-state index contributed by atoms with van der Waals surface area (Å²) in [7, 11) is 0. The number of H-pyrrole nitrogens is 1. The van der Waals surface area contributed by atoms with Crippen molar-refractivity contribution in [2.75, 3.05) is 31.1 Å². The fraction of sp³-hybridized carbons (Fsp3) is 0.676. The van der Waals surface area contributed by atoms with Crippen molar-refractivity contribution in [1.29, 1.82) is 0 Å². The van der Waals surface area contributed by atoms with Gasteiger partial charge in [-0.3, -0.25) is 43.6 Å². The first kappa shape index (κ1) is 50.3. The number of primary amides is 1. The van der Waals surface area contributed by atoms with Crippen LogP contribution in [0.3, 0.4) is 0 Å². The van der Waals surface area contributed by atoms with Crippen molar-refractivity contribution >= 4 is 77.7 Å². The number of hydrogen-bond donors (Lipinski definition) is 13. The standard InChI is InChI=1S/C37H60N12O10S2/c1-20(2)11-21(12-29(51)49-59)34(55)45-24(13-22-14-39-19-43-22)36(57)46-25(17-60)35(56)42-15-30(52)41-16-31(53)44-23(33(38)54)7-5-6-10-40-28(50)9-4-3-8-27-32-26(18-61-27)47-37(58)48-32/h14,19-21,23-27,32,59-60H,3-13,15-18H2,1-2H3,(H2,38,54)(H,39,43)(H,40,50)(H,41,52)(H,42,56)(H,44,53)(H,45,55)(H,46,57)(H,49,51)(H2,47,48,58)/t21?,23-,24-,25-,26-,27-,32-/m0/s1. The second-order valence-electron chi connectivity index (χ2n) is 15.4. The van der Waals surface area contributed by atoms with Gasteiger partial charge in [-0.05, 0) is 44.4 Å². The predicted molar refractivity (Wildman–Crippen MR) is 225 cm³/mol. The fourth-order valence-corrected chi connectivity index (χ4v) is 8.63. The van der Waals surface area contributed by atoms with Crippen LogP contribution in [0, 0.1) is 11.8 Å². The Morgan fingerprint density at radius 2 is 1.61 bits per heavy atom. The number of nitrogens with zero attached hydrogens (tertiary/aromatic N) is 1. The lowest BCUT2D eigenvalue weighted by Crippen LogP contribution is -2.56. The highest BCUT2D eigenvalue weighted by atomic mass is 32.2. The number of amides is 10. The molecule has 61 heavy (non-hydrogen) atoms. The third-order valence-corrected chi connectivity index (χ3v) is 11.9. The van der Waals surface area contributed by atoms with Gasteiger partial charge in [0, 0.05) is 60.4 Å². The van der Waals surface area contributed by atoms with Gasteiger partial charge < -0.3 is 53.3 Å². The number of fused-ring (bicyclic) bond motifs is 1. The van der Waals surface area contributed by atoms with Crippen molar-refractivity contribution in [2.45, 2.75) is 114 Å². The maximum Gasteiger partial charge on any atom is 0.315 e. The lowest BCUT2D eigenvalue weighted by Gasteiger charge is -2.24. The number of carbonyl (C=O) groups excluding carboxylic acids is 9. The molecule has 2 aliphatic rings. The van der Waals surface area contributed by atoms with Crippen LogP contribution in [0.2, 0.25) is 0 Å². The molecule has 1 unspecified atom stereocenters. The molecule has 340 valence electrons. The van der Waals surface area contributed by atoms with E-state index in [9.17, 15) is 43.2 Å². The number of hydrogen-bond acceptors (Lipinski definition) is 13. The third-order valence-electron chi connectivity index (χ3n) is 9.98. The van der Waals surface area contributed by atoms with Crippen LogP contribution in [0.1, 0.15) is 77.3 Å². The van der Waals surface area contributed by atoms with E-state index in [2.05, 4.69) is 65.1 Å². The average molecular weight is 897 g/mol. The number of urea groups is 1. The first-order valence-corrected chi connectivity index (χ1v) is 22.0. The largest absolute Gasteiger partial charge is 0.368 e. The Labute approximate surface area is 363 Å². The first-order chi connectivity index (χ1) is 29.1. The monoisotopic (exact) mass is 896 g/mol. The summed E-state index contributed by atoms with van der Waals surface area (Å²) in [6.45, 7) is 2.97. The molecule has 0 radical (unpaired) electrons. The Kier molecular flexibility index (Phi) is 21.7. The normalized spacial score (nSPS) is 18.6. The number of imidazole rings is 1. The minimum absolute atomic E-state index is 0.00167. The van der Waals surface area contributed by atoms with E-state index in [1.54, 1.807) is 0 Å². The second-order valence-corrected chi connectivity index (χ2v) is 17.0. The number of carbonyl (C=O) groups is 9. The van der Waals surface area contributed by atoms with Crippen molar-refractivity contribution in [3.05, 3.63) is 18.2 Å². The van der Waals surface area contributed by atoms with Crippen LogP contribution < -0.4 is 53.7 Å². The summed E-state index contributed by atoms with van der Waals surface area (Å²) in [4.78, 5) is 119. The molecule has 2 saturated heterocycles. The highest BCUT2D eigenvalue weighted by Gasteiger charge is 2.42. The maximum atomic E-state index is 13.4. The Morgan fingerprint density at radius 1 is 0.869 bits per heavy atom. The number of thiol groups is 1. The number of thioether (sulfide) groups is 1. The van der Waals surface area contributed by atoms with Gasteiger partial charge in [0.25, 0.3) is 0 Å². The number of unbranched alkanes of at least 4 members (excludes halogenated alkanes) is 2. The molecule has 10 amide bonds. The number of rotatable bonds is 28. The minimum Gasteiger partial charge on any atom is -0.368 e. The molecule has 3 heterocycles. The van der Waals surface area contributed by atoms with Crippen molar-refractivity contribution in [3.63, 3.8) is 0 Å². The molecule has 7 atom stereocenters. The minimum atomic E-state index is -1.25. The molecule has 22 nitrogen and oxygen atoms in total. The summed E-state index contributed by atoms with van der Waals surface area (Å²) >= 11 is 5.99. The van der Waals surface area contributed by atoms with Crippen LogP contribution in [0.25, 0.3) is 0 Å². The van der Waals surface area contributed by atoms with Gasteiger partial charge in [0.2, 0.25) is 47.3 Å². The molecular weight excluding hydrogens is 837 g/mol. The number of aromatic nitrogens is 2. The highest BCUT2D eigenvalue weighted by molar-refractivity contribution is 8.00. The zero-order valence-corrected chi connectivity index (χ0v) is 36.1. The van der Waals surface area contributed by atoms with Gasteiger partial charge in [-0.25, -0.2) is 15.3 Å². The van der Waals surface area contributed by atoms with Crippen LogP contribution in [0.15, 0.2) is 12.5 Å². The summed E-state index contributed by atoms with van der Waals surface area (Å²) < 4.78 is 0. The third kappa shape index (κ3) is 18.2. The van der Waals surface area contributed by atoms with E-state index in [1.807, 2.05) is 25.6 Å². The highest BCUT2D eigenvalue weighted by Crippen LogP contribution is 2.33. The van der Waals surface area contributed by atoms with E-state index < -0.39 is 78.5 Å². The second kappa shape index (κ2) is 26.3. The summed E-state index contributed by atoms with van der Waals surface area (Å²) in [6.07, 6.45) is 6.82. The quantitative estimate of drug-likeness (QED) is 0.0138. The molecule has 0 bridgehead atoms. The Hall–Kier alpha value is -5.10. The van der Waals surface area contributed by atoms with E-state index in [4.69, 9.17) is 10.9 Å². The molecule has 1 aromatic heterocycles. The molecule has 0 aliphatic carbocycles. The number of hydroxylamine groups is 1. The van der Waals surface area contributed by atoms with Crippen molar-refractivity contribution in [1.82, 2.24) is 58.0 Å². The van der Waals surface area contributed by atoms with Gasteiger partial charge in [-0.15, -0.1) is 0 Å². The van der Waals surface area contributed by atoms with Gasteiger partial charge in [-0.1, -0.05) is 20.3 Å². The molecule has 1 aromatic rings. The van der Waals surface area contributed by atoms with Gasteiger partial charge >= 0.3 is 6.03 Å². The van der Waals surface area contributed by atoms with Crippen molar-refractivity contribution < 1.29 is 48.4 Å². The van der Waals surface area contributed by atoms with E-state index in [0.29, 0.717) is 36.8 Å². The van der Waals surface area contributed by atoms with Crippen LogP contribution >= 0.6 is 24.4 Å². The molecular formula is C37H60N12O10S2. The van der Waals surface area contributed by atoms with E-state index >= 15 is 0 Å². The van der Waals surface area contributed by atoms with Crippen LogP contribution in [-0.2, 0) is 44.8 Å². The fourth-order valence-electron chi connectivity index (χ4n) is 6.83. The number of aromatic amines is 1. The first-order valence-electron chi connectivity index (χ1n) is 20.3. The van der Waals surface area contributed by atoms with Gasteiger partial charge in [0.05, 0.1) is 31.5 Å². The van der Waals surface area contributed by atoms with Crippen LogP contribution in [0.5, 0.6) is 0 Å². The lowest BCUT2D eigenvalue weighted by molar-refractivity contribution is -0.137. The van der Waals surface area contributed by atoms with Crippen LogP contribution in [-0.4, -0.2) is 135 Å². The van der Waals surface area contributed by atoms with Crippen LogP contribution in [0.4, 0.5) is 4.79 Å². The Balaban J connectivity index is 1.35. The zero-order chi connectivity index (χ0) is 44.9. The zero-order valence-electron chi connectivity index (χ0n) is 34.4. The topological polar surface area (TPSA) is 337 Å². The summed E-state index contributed by atoms with van der Waals surface area (Å²) in [5.74, 6) is -5.43. The van der Waals surface area contributed by atoms with Gasteiger partial charge in [-0.2, -0.15) is 24.4 Å². The van der Waals surface area contributed by atoms with E-state index in [0.717, 1.165) is 25.0 Å². The van der Waals surface area contributed by atoms with E-state index in [1.165, 1.54) is 18.0 Å². The molecule has 3 rings (SSSR count). The van der Waals surface area contributed by atoms with Gasteiger partial charge in [0.15, 0.2) is 0 Å². The van der Waals surface area contributed by atoms with Crippen molar-refractivity contribution in [2.24, 2.45) is 17.6 Å². The summed E-state index contributed by atoms with van der Waals surface area (Å²) in [5, 5.41) is 30.3. The summed E-state index contributed by atoms with van der Waals surface area (Å²) in [5.41, 5.74) is 7.46. The Bertz CT molecular complexity index is 1670. The maximum absolute atomic E-state index is 13.4. The molecule has 2 fully saturated rings. The molecule has 13 N–H and O–H groups in total. The SMILES string of the molecule is CC(C)CC(CC(=O)NO)C(=O)N[C@@H](Cc1cnc[nH]1)C(=O)N[C@@H](CS)C(=O)NCC(=O)NCC(=O)N[C@@H](CCCCNC(=O)CCCC[C@@H]1SC[C@@H]2NC(=O)N[C@@H]21)C(N)=O. The molecule has 2 aliphatic heterocycles. The Morgan fingerprint density at radius 3 is 2.28 bits per heavy atom. The average Bonchev–Trinajstić information content (AvgIpc) is 3.96.